The van der Waals surface area contributed by atoms with E-state index in [1.165, 1.54) is 37.4 Å². The number of ether oxygens (including phenoxy) is 1. The van der Waals surface area contributed by atoms with Crippen LogP contribution < -0.4 is 4.72 Å². The molecule has 0 aliphatic rings. The van der Waals surface area contributed by atoms with Crippen LogP contribution in [0.5, 0.6) is 0 Å². The van der Waals surface area contributed by atoms with Gasteiger partial charge in [0.1, 0.15) is 5.82 Å². The van der Waals surface area contributed by atoms with Crippen molar-refractivity contribution in [2.45, 2.75) is 6.42 Å². The Kier molecular flexibility index (Phi) is 5.33. The van der Waals surface area contributed by atoms with Gasteiger partial charge in [-0.25, -0.2) is 17.6 Å². The Morgan fingerprint density at radius 1 is 1.13 bits per heavy atom. The molecule has 1 N–H and O–H groups in total. The van der Waals surface area contributed by atoms with Crippen molar-refractivity contribution in [3.63, 3.8) is 0 Å². The molecule has 23 heavy (non-hydrogen) atoms. The number of halogens is 1. The van der Waals surface area contributed by atoms with Gasteiger partial charge in [0, 0.05) is 5.69 Å². The molecule has 0 saturated heterocycles. The molecule has 7 heteroatoms. The number of esters is 1. The van der Waals surface area contributed by atoms with Crippen molar-refractivity contribution in [3.05, 3.63) is 65.5 Å². The zero-order valence-electron chi connectivity index (χ0n) is 12.5. The van der Waals surface area contributed by atoms with Gasteiger partial charge in [0.2, 0.25) is 10.0 Å². The Morgan fingerprint density at radius 2 is 1.78 bits per heavy atom. The first-order chi connectivity index (χ1) is 10.9. The predicted octanol–water partition coefficient (Wildman–Crippen LogP) is 2.60. The van der Waals surface area contributed by atoms with Crippen molar-refractivity contribution in [3.8, 4) is 0 Å². The van der Waals surface area contributed by atoms with Crippen LogP contribution in [0.15, 0.2) is 48.5 Å². The molecule has 0 unspecified atom stereocenters. The number of methoxy groups -OCH3 is 1. The number of nitrogens with one attached hydrogen (secondary N) is 1. The highest BCUT2D eigenvalue weighted by Crippen LogP contribution is 2.14. The third kappa shape index (κ3) is 4.79. The molecule has 5 nitrogen and oxygen atoms in total. The van der Waals surface area contributed by atoms with E-state index in [9.17, 15) is 17.6 Å². The zero-order chi connectivity index (χ0) is 16.9. The fourth-order valence-electron chi connectivity index (χ4n) is 1.97. The molecule has 0 heterocycles. The minimum Gasteiger partial charge on any atom is -0.465 e. The number of sulfonamides is 1. The summed E-state index contributed by atoms with van der Waals surface area (Å²) in [6.07, 6.45) is 0.0717. The van der Waals surface area contributed by atoms with Crippen LogP contribution >= 0.6 is 0 Å². The van der Waals surface area contributed by atoms with E-state index in [1.54, 1.807) is 18.2 Å². The molecular weight excluding hydrogens is 321 g/mol. The quantitative estimate of drug-likeness (QED) is 0.823. The Bertz CT molecular complexity index is 788. The number of hydrogen-bond donors (Lipinski definition) is 1. The highest BCUT2D eigenvalue weighted by Gasteiger charge is 2.13. The second-order valence-corrected chi connectivity index (χ2v) is 6.67. The van der Waals surface area contributed by atoms with E-state index in [2.05, 4.69) is 9.46 Å². The van der Waals surface area contributed by atoms with E-state index in [0.717, 1.165) is 0 Å². The van der Waals surface area contributed by atoms with E-state index in [-0.39, 0.29) is 12.2 Å². The molecule has 0 bridgehead atoms. The molecular formula is C16H16FNO4S. The number of benzene rings is 2. The lowest BCUT2D eigenvalue weighted by atomic mass is 10.2. The van der Waals surface area contributed by atoms with Crippen LogP contribution in [0.25, 0.3) is 0 Å². The van der Waals surface area contributed by atoms with Crippen molar-refractivity contribution < 1.29 is 22.3 Å². The molecule has 0 aromatic heterocycles. The average Bonchev–Trinajstić information content (AvgIpc) is 2.54. The molecule has 122 valence electrons. The first-order valence-corrected chi connectivity index (χ1v) is 8.49. The molecule has 0 fully saturated rings. The maximum absolute atomic E-state index is 13.5. The fourth-order valence-corrected chi connectivity index (χ4v) is 3.05. The largest absolute Gasteiger partial charge is 0.465 e. The molecule has 0 aliphatic carbocycles. The monoisotopic (exact) mass is 337 g/mol. The summed E-state index contributed by atoms with van der Waals surface area (Å²) in [5.74, 6) is -1.17. The second kappa shape index (κ2) is 7.23. The Hall–Kier alpha value is -2.41. The summed E-state index contributed by atoms with van der Waals surface area (Å²) in [4.78, 5) is 11.3. The summed E-state index contributed by atoms with van der Waals surface area (Å²) in [5, 5.41) is 0. The minimum absolute atomic E-state index is 0.0717. The summed E-state index contributed by atoms with van der Waals surface area (Å²) < 4.78 is 44.5. The van der Waals surface area contributed by atoms with Gasteiger partial charge in [0.05, 0.1) is 18.4 Å². The summed E-state index contributed by atoms with van der Waals surface area (Å²) in [7, 11) is -2.36. The van der Waals surface area contributed by atoms with Crippen molar-refractivity contribution in [1.29, 1.82) is 0 Å². The van der Waals surface area contributed by atoms with Gasteiger partial charge in [-0.2, -0.15) is 0 Å². The van der Waals surface area contributed by atoms with Crippen LogP contribution in [0, 0.1) is 5.82 Å². The smallest absolute Gasteiger partial charge is 0.337 e. The normalized spacial score (nSPS) is 11.0. The van der Waals surface area contributed by atoms with E-state index < -0.39 is 21.8 Å². The van der Waals surface area contributed by atoms with Crippen LogP contribution in [-0.2, 0) is 21.2 Å². The summed E-state index contributed by atoms with van der Waals surface area (Å²) in [6, 6.07) is 11.9. The van der Waals surface area contributed by atoms with Gasteiger partial charge in [0.25, 0.3) is 0 Å². The lowest BCUT2D eigenvalue weighted by Gasteiger charge is -2.09. The first-order valence-electron chi connectivity index (χ1n) is 6.83. The molecule has 0 atom stereocenters. The fraction of sp³-hybridized carbons (Fsp3) is 0.188. The first kappa shape index (κ1) is 17.0. The summed E-state index contributed by atoms with van der Waals surface area (Å²) in [6.45, 7) is 0. The highest BCUT2D eigenvalue weighted by molar-refractivity contribution is 7.92. The lowest BCUT2D eigenvalue weighted by molar-refractivity contribution is 0.0601. The van der Waals surface area contributed by atoms with Gasteiger partial charge in [-0.15, -0.1) is 0 Å². The minimum atomic E-state index is -3.62. The molecule has 0 saturated carbocycles. The van der Waals surface area contributed by atoms with Crippen molar-refractivity contribution >= 4 is 21.7 Å². The van der Waals surface area contributed by atoms with Crippen molar-refractivity contribution in [1.82, 2.24) is 0 Å². The van der Waals surface area contributed by atoms with Crippen LogP contribution in [0.4, 0.5) is 10.1 Å². The van der Waals surface area contributed by atoms with Gasteiger partial charge >= 0.3 is 5.97 Å². The van der Waals surface area contributed by atoms with Crippen molar-refractivity contribution in [2.75, 3.05) is 17.6 Å². The number of anilines is 1. The van der Waals surface area contributed by atoms with Crippen LogP contribution in [-0.4, -0.2) is 27.2 Å². The topological polar surface area (TPSA) is 72.5 Å². The second-order valence-electron chi connectivity index (χ2n) is 4.83. The standard InChI is InChI=1S/C16H16FNO4S/c1-22-16(19)13-6-8-14(9-7-13)18-23(20,21)11-10-12-4-2-3-5-15(12)17/h2-9,18H,10-11H2,1H3. The molecule has 0 aliphatic heterocycles. The SMILES string of the molecule is COC(=O)c1ccc(NS(=O)(=O)CCc2ccccc2F)cc1. The molecule has 2 aromatic carbocycles. The highest BCUT2D eigenvalue weighted by atomic mass is 32.2. The maximum atomic E-state index is 13.5. The molecule has 2 aromatic rings. The van der Waals surface area contributed by atoms with Crippen molar-refractivity contribution in [2.24, 2.45) is 0 Å². The van der Waals surface area contributed by atoms with Gasteiger partial charge in [-0.1, -0.05) is 18.2 Å². The van der Waals surface area contributed by atoms with E-state index in [0.29, 0.717) is 16.8 Å². The molecule has 0 spiro atoms. The number of carbonyl (C=O) groups is 1. The van der Waals surface area contributed by atoms with Gasteiger partial charge in [0.15, 0.2) is 0 Å². The Balaban J connectivity index is 2.01. The van der Waals surface area contributed by atoms with Crippen LogP contribution in [0.2, 0.25) is 0 Å². The predicted molar refractivity (Wildman–Crippen MR) is 85.3 cm³/mol. The number of hydrogen-bond acceptors (Lipinski definition) is 4. The van der Waals surface area contributed by atoms with E-state index >= 15 is 0 Å². The van der Waals surface area contributed by atoms with Crippen LogP contribution in [0.1, 0.15) is 15.9 Å². The maximum Gasteiger partial charge on any atom is 0.337 e. The Morgan fingerprint density at radius 3 is 2.39 bits per heavy atom. The number of rotatable bonds is 6. The Labute approximate surface area is 134 Å². The summed E-state index contributed by atoms with van der Waals surface area (Å²) in [5.41, 5.74) is 0.993. The molecule has 2 rings (SSSR count). The number of aryl methyl sites for hydroxylation is 1. The number of carbonyl (C=O) groups excluding carboxylic acids is 1. The van der Waals surface area contributed by atoms with Crippen LogP contribution in [0.3, 0.4) is 0 Å². The van der Waals surface area contributed by atoms with E-state index in [1.807, 2.05) is 0 Å². The lowest BCUT2D eigenvalue weighted by Crippen LogP contribution is -2.18. The average molecular weight is 337 g/mol. The van der Waals surface area contributed by atoms with Gasteiger partial charge in [-0.05, 0) is 42.3 Å². The van der Waals surface area contributed by atoms with Gasteiger partial charge in [-0.3, -0.25) is 4.72 Å². The van der Waals surface area contributed by atoms with Gasteiger partial charge < -0.3 is 4.74 Å². The molecule has 0 amide bonds. The molecule has 0 radical (unpaired) electrons. The zero-order valence-corrected chi connectivity index (χ0v) is 13.3. The third-order valence-corrected chi connectivity index (χ3v) is 4.47. The van der Waals surface area contributed by atoms with E-state index in [4.69, 9.17) is 0 Å². The third-order valence-electron chi connectivity index (χ3n) is 3.18. The summed E-state index contributed by atoms with van der Waals surface area (Å²) >= 11 is 0.